The number of nitrogen functional groups attached to an aromatic ring is 1. The molecule has 2 aromatic carbocycles. The molecule has 104 valence electrons. The van der Waals surface area contributed by atoms with E-state index in [1.807, 2.05) is 6.07 Å². The van der Waals surface area contributed by atoms with Crippen LogP contribution in [0.4, 0.5) is 5.69 Å². The summed E-state index contributed by atoms with van der Waals surface area (Å²) < 4.78 is 12.5. The van der Waals surface area contributed by atoms with Crippen molar-refractivity contribution in [3.05, 3.63) is 58.1 Å². The highest BCUT2D eigenvalue weighted by atomic mass is 35.5. The second-order valence-electron chi connectivity index (χ2n) is 5.08. The molecule has 0 aliphatic heterocycles. The summed E-state index contributed by atoms with van der Waals surface area (Å²) in [7, 11) is -1.11. The van der Waals surface area contributed by atoms with Gasteiger partial charge in [0.25, 0.3) is 0 Å². The normalized spacial score (nSPS) is 15.1. The molecule has 20 heavy (non-hydrogen) atoms. The predicted molar refractivity (Wildman–Crippen MR) is 84.4 cm³/mol. The Bertz CT molecular complexity index is 664. The number of rotatable bonds is 3. The van der Waals surface area contributed by atoms with Crippen LogP contribution in [0, 0.1) is 0 Å². The van der Waals surface area contributed by atoms with E-state index in [0.717, 1.165) is 23.3 Å². The van der Waals surface area contributed by atoms with Crippen molar-refractivity contribution in [2.45, 2.75) is 29.9 Å². The molecule has 0 bridgehead atoms. The molecule has 2 aromatic rings. The maximum absolute atomic E-state index is 12.5. The fourth-order valence-electron chi connectivity index (χ4n) is 2.63. The lowest BCUT2D eigenvalue weighted by Crippen LogP contribution is -2.02. The minimum atomic E-state index is -1.11. The Labute approximate surface area is 126 Å². The van der Waals surface area contributed by atoms with Crippen molar-refractivity contribution < 1.29 is 4.21 Å². The van der Waals surface area contributed by atoms with Crippen LogP contribution in [0.3, 0.4) is 0 Å². The van der Waals surface area contributed by atoms with Crippen molar-refractivity contribution in [2.24, 2.45) is 0 Å². The zero-order valence-corrected chi connectivity index (χ0v) is 12.6. The van der Waals surface area contributed by atoms with Crippen molar-refractivity contribution in [3.63, 3.8) is 0 Å². The van der Waals surface area contributed by atoms with Gasteiger partial charge in [0, 0.05) is 21.2 Å². The van der Waals surface area contributed by atoms with Crippen molar-refractivity contribution >= 4 is 28.1 Å². The zero-order chi connectivity index (χ0) is 14.1. The first-order chi connectivity index (χ1) is 9.65. The van der Waals surface area contributed by atoms with Crippen LogP contribution in [0.25, 0.3) is 0 Å². The van der Waals surface area contributed by atoms with Gasteiger partial charge in [-0.05, 0) is 54.7 Å². The third kappa shape index (κ3) is 2.60. The fraction of sp³-hybridized carbons (Fsp3) is 0.250. The summed E-state index contributed by atoms with van der Waals surface area (Å²) in [4.78, 5) is 0.866. The lowest BCUT2D eigenvalue weighted by Gasteiger charge is -2.09. The van der Waals surface area contributed by atoms with Crippen LogP contribution in [0.15, 0.2) is 41.3 Å². The largest absolute Gasteiger partial charge is 0.398 e. The summed E-state index contributed by atoms with van der Waals surface area (Å²) in [6.07, 6.45) is 3.43. The molecule has 1 aliphatic carbocycles. The molecule has 0 saturated carbocycles. The minimum absolute atomic E-state index is 0.365. The minimum Gasteiger partial charge on any atom is -0.398 e. The van der Waals surface area contributed by atoms with E-state index in [-0.39, 0.29) is 0 Å². The lowest BCUT2D eigenvalue weighted by molar-refractivity contribution is 0.682. The van der Waals surface area contributed by atoms with Crippen molar-refractivity contribution in [1.82, 2.24) is 0 Å². The first-order valence-electron chi connectivity index (χ1n) is 6.68. The molecule has 0 amide bonds. The molecule has 3 rings (SSSR count). The Hall–Kier alpha value is -1.32. The predicted octanol–water partition coefficient (Wildman–Crippen LogP) is 3.72. The molecule has 1 atom stereocenters. The highest BCUT2D eigenvalue weighted by molar-refractivity contribution is 7.84. The first-order valence-corrected chi connectivity index (χ1v) is 8.38. The fourth-order valence-corrected chi connectivity index (χ4v) is 4.20. The van der Waals surface area contributed by atoms with Crippen LogP contribution in [-0.4, -0.2) is 4.21 Å². The van der Waals surface area contributed by atoms with E-state index in [0.29, 0.717) is 16.5 Å². The SMILES string of the molecule is Nc1cccc(Cl)c1CS(=O)c1ccc2c(c1)CCC2. The Morgan fingerprint density at radius 1 is 1.15 bits per heavy atom. The van der Waals surface area contributed by atoms with Crippen LogP contribution >= 0.6 is 11.6 Å². The molecule has 0 fully saturated rings. The molecular formula is C16H16ClNOS. The number of benzene rings is 2. The molecule has 4 heteroatoms. The third-order valence-corrected chi connectivity index (χ3v) is 5.45. The van der Waals surface area contributed by atoms with Gasteiger partial charge in [-0.1, -0.05) is 23.7 Å². The van der Waals surface area contributed by atoms with E-state index in [9.17, 15) is 4.21 Å². The van der Waals surface area contributed by atoms with Crippen LogP contribution in [0.2, 0.25) is 5.02 Å². The summed E-state index contributed by atoms with van der Waals surface area (Å²) >= 11 is 6.14. The Kier molecular flexibility index (Phi) is 3.81. The number of aryl methyl sites for hydroxylation is 2. The Morgan fingerprint density at radius 2 is 1.95 bits per heavy atom. The molecule has 0 saturated heterocycles. The van der Waals surface area contributed by atoms with E-state index in [4.69, 9.17) is 17.3 Å². The van der Waals surface area contributed by atoms with E-state index >= 15 is 0 Å². The molecule has 0 heterocycles. The standard InChI is InChI=1S/C16H16ClNOS/c17-15-5-2-6-16(18)14(15)10-20(19)13-8-7-11-3-1-4-12(11)9-13/h2,5-9H,1,3-4,10,18H2. The molecule has 2 nitrogen and oxygen atoms in total. The third-order valence-electron chi connectivity index (χ3n) is 3.76. The maximum Gasteiger partial charge on any atom is 0.0575 e. The second-order valence-corrected chi connectivity index (χ2v) is 6.94. The highest BCUT2D eigenvalue weighted by Gasteiger charge is 2.15. The smallest absolute Gasteiger partial charge is 0.0575 e. The Balaban J connectivity index is 1.86. The van der Waals surface area contributed by atoms with E-state index in [2.05, 4.69) is 12.1 Å². The van der Waals surface area contributed by atoms with Crippen LogP contribution in [0.5, 0.6) is 0 Å². The summed E-state index contributed by atoms with van der Waals surface area (Å²) in [5.41, 5.74) is 10.0. The average molecular weight is 306 g/mol. The molecular weight excluding hydrogens is 290 g/mol. The number of halogens is 1. The van der Waals surface area contributed by atoms with Gasteiger partial charge in [-0.2, -0.15) is 0 Å². The quantitative estimate of drug-likeness (QED) is 0.878. The van der Waals surface area contributed by atoms with Gasteiger partial charge in [0.2, 0.25) is 0 Å². The summed E-state index contributed by atoms with van der Waals surface area (Å²) in [5.74, 6) is 0.365. The Morgan fingerprint density at radius 3 is 2.75 bits per heavy atom. The molecule has 1 aliphatic rings. The molecule has 0 radical (unpaired) electrons. The number of hydrogen-bond acceptors (Lipinski definition) is 2. The van der Waals surface area contributed by atoms with E-state index in [1.54, 1.807) is 18.2 Å². The topological polar surface area (TPSA) is 43.1 Å². The van der Waals surface area contributed by atoms with Crippen molar-refractivity contribution in [3.8, 4) is 0 Å². The van der Waals surface area contributed by atoms with Gasteiger partial charge in [0.1, 0.15) is 0 Å². The summed E-state index contributed by atoms with van der Waals surface area (Å²) in [6, 6.07) is 11.5. The summed E-state index contributed by atoms with van der Waals surface area (Å²) in [6.45, 7) is 0. The van der Waals surface area contributed by atoms with Gasteiger partial charge in [0.15, 0.2) is 0 Å². The number of fused-ring (bicyclic) bond motifs is 1. The maximum atomic E-state index is 12.5. The first kappa shape index (κ1) is 13.7. The van der Waals surface area contributed by atoms with Crippen LogP contribution in [0.1, 0.15) is 23.1 Å². The monoisotopic (exact) mass is 305 g/mol. The average Bonchev–Trinajstić information content (AvgIpc) is 2.90. The van der Waals surface area contributed by atoms with Gasteiger partial charge in [-0.15, -0.1) is 0 Å². The highest BCUT2D eigenvalue weighted by Crippen LogP contribution is 2.28. The molecule has 0 spiro atoms. The van der Waals surface area contributed by atoms with Gasteiger partial charge in [0.05, 0.1) is 16.6 Å². The van der Waals surface area contributed by atoms with E-state index in [1.165, 1.54) is 17.5 Å². The van der Waals surface area contributed by atoms with Gasteiger partial charge in [-0.25, -0.2) is 0 Å². The molecule has 1 unspecified atom stereocenters. The molecule has 2 N–H and O–H groups in total. The number of nitrogens with two attached hydrogens (primary N) is 1. The lowest BCUT2D eigenvalue weighted by atomic mass is 10.1. The second kappa shape index (κ2) is 5.58. The number of hydrogen-bond donors (Lipinski definition) is 1. The van der Waals surface area contributed by atoms with Crippen molar-refractivity contribution in [1.29, 1.82) is 0 Å². The van der Waals surface area contributed by atoms with Gasteiger partial charge < -0.3 is 5.73 Å². The van der Waals surface area contributed by atoms with Crippen molar-refractivity contribution in [2.75, 3.05) is 5.73 Å². The van der Waals surface area contributed by atoms with Crippen LogP contribution in [-0.2, 0) is 29.4 Å². The molecule has 0 aromatic heterocycles. The zero-order valence-electron chi connectivity index (χ0n) is 11.1. The van der Waals surface area contributed by atoms with Gasteiger partial charge in [-0.3, -0.25) is 4.21 Å². The van der Waals surface area contributed by atoms with E-state index < -0.39 is 10.8 Å². The number of anilines is 1. The summed E-state index contributed by atoms with van der Waals surface area (Å²) in [5, 5.41) is 0.583. The van der Waals surface area contributed by atoms with Crippen LogP contribution < -0.4 is 5.73 Å². The van der Waals surface area contributed by atoms with Gasteiger partial charge >= 0.3 is 0 Å².